The Morgan fingerprint density at radius 2 is 1.93 bits per heavy atom. The van der Waals surface area contributed by atoms with Crippen molar-refractivity contribution >= 4 is 5.91 Å². The highest BCUT2D eigenvalue weighted by Gasteiger charge is 2.00. The minimum absolute atomic E-state index is 0.150. The average Bonchev–Trinajstić information content (AvgIpc) is 2.25. The summed E-state index contributed by atoms with van der Waals surface area (Å²) in [4.78, 5) is 11.3. The molecule has 82 valence electrons. The van der Waals surface area contributed by atoms with Crippen LogP contribution in [0.15, 0.2) is 24.3 Å². The monoisotopic (exact) mass is 205 g/mol. The summed E-state index contributed by atoms with van der Waals surface area (Å²) in [6.45, 7) is 4.91. The van der Waals surface area contributed by atoms with Gasteiger partial charge in [0.25, 0.3) is 0 Å². The maximum absolute atomic E-state index is 11.3. The molecular weight excluding hydrogens is 186 g/mol. The van der Waals surface area contributed by atoms with Gasteiger partial charge in [-0.15, -0.1) is 0 Å². The lowest BCUT2D eigenvalue weighted by molar-refractivity contribution is -0.121. The van der Waals surface area contributed by atoms with Crippen molar-refractivity contribution in [2.24, 2.45) is 0 Å². The molecule has 0 spiro atoms. The second kappa shape index (κ2) is 6.23. The molecule has 1 rings (SSSR count). The number of nitrogens with one attached hydrogen (secondary N) is 1. The highest BCUT2D eigenvalue weighted by atomic mass is 16.1. The zero-order valence-electron chi connectivity index (χ0n) is 9.55. The Hall–Kier alpha value is -1.31. The second-order valence-corrected chi connectivity index (χ2v) is 3.84. The van der Waals surface area contributed by atoms with Gasteiger partial charge in [0, 0.05) is 13.0 Å². The first-order valence-corrected chi connectivity index (χ1v) is 5.54. The van der Waals surface area contributed by atoms with Gasteiger partial charge in [-0.2, -0.15) is 0 Å². The fourth-order valence-electron chi connectivity index (χ4n) is 1.37. The van der Waals surface area contributed by atoms with E-state index in [1.807, 2.05) is 0 Å². The van der Waals surface area contributed by atoms with E-state index in [2.05, 4.69) is 43.4 Å². The molecule has 0 unspecified atom stereocenters. The van der Waals surface area contributed by atoms with Gasteiger partial charge in [-0.05, 0) is 25.3 Å². The van der Waals surface area contributed by atoms with E-state index in [1.165, 1.54) is 11.1 Å². The maximum Gasteiger partial charge on any atom is 0.220 e. The van der Waals surface area contributed by atoms with Crippen LogP contribution in [0, 0.1) is 6.92 Å². The zero-order chi connectivity index (χ0) is 11.1. The number of rotatable bonds is 5. The molecule has 0 bridgehead atoms. The number of aryl methyl sites for hydroxylation is 2. The van der Waals surface area contributed by atoms with Gasteiger partial charge in [0.2, 0.25) is 5.91 Å². The summed E-state index contributed by atoms with van der Waals surface area (Å²) >= 11 is 0. The largest absolute Gasteiger partial charge is 0.356 e. The number of carbonyl (C=O) groups excluding carboxylic acids is 1. The minimum Gasteiger partial charge on any atom is -0.356 e. The van der Waals surface area contributed by atoms with Crippen LogP contribution in [0.1, 0.15) is 30.9 Å². The SMILES string of the molecule is CCCNC(=O)CCc1ccc(C)cc1. The van der Waals surface area contributed by atoms with Crippen LogP contribution in [0.2, 0.25) is 0 Å². The smallest absolute Gasteiger partial charge is 0.220 e. The van der Waals surface area contributed by atoms with Crippen molar-refractivity contribution in [1.29, 1.82) is 0 Å². The molecule has 1 N–H and O–H groups in total. The molecule has 0 aromatic heterocycles. The van der Waals surface area contributed by atoms with E-state index in [0.717, 1.165) is 19.4 Å². The molecule has 1 aromatic rings. The maximum atomic E-state index is 11.3. The van der Waals surface area contributed by atoms with Crippen molar-refractivity contribution in [3.8, 4) is 0 Å². The van der Waals surface area contributed by atoms with Crippen LogP contribution in [-0.4, -0.2) is 12.5 Å². The second-order valence-electron chi connectivity index (χ2n) is 3.84. The molecule has 15 heavy (non-hydrogen) atoms. The highest BCUT2D eigenvalue weighted by molar-refractivity contribution is 5.76. The molecule has 0 saturated heterocycles. The number of hydrogen-bond acceptors (Lipinski definition) is 1. The molecule has 2 nitrogen and oxygen atoms in total. The molecule has 0 atom stereocenters. The van der Waals surface area contributed by atoms with Crippen LogP contribution >= 0.6 is 0 Å². The van der Waals surface area contributed by atoms with Crippen LogP contribution in [0.25, 0.3) is 0 Å². The molecule has 2 heteroatoms. The summed E-state index contributed by atoms with van der Waals surface area (Å²) in [5.41, 5.74) is 2.49. The van der Waals surface area contributed by atoms with E-state index in [-0.39, 0.29) is 5.91 Å². The molecule has 0 aliphatic carbocycles. The Kier molecular flexibility index (Phi) is 4.88. The first kappa shape index (κ1) is 11.8. The van der Waals surface area contributed by atoms with Crippen molar-refractivity contribution in [1.82, 2.24) is 5.32 Å². The van der Waals surface area contributed by atoms with Gasteiger partial charge in [0.1, 0.15) is 0 Å². The van der Waals surface area contributed by atoms with Gasteiger partial charge < -0.3 is 5.32 Å². The van der Waals surface area contributed by atoms with Crippen LogP contribution in [-0.2, 0) is 11.2 Å². The molecular formula is C13H19NO. The van der Waals surface area contributed by atoms with Crippen molar-refractivity contribution in [3.05, 3.63) is 35.4 Å². The third kappa shape index (κ3) is 4.63. The van der Waals surface area contributed by atoms with Gasteiger partial charge in [0.15, 0.2) is 0 Å². The van der Waals surface area contributed by atoms with Crippen molar-refractivity contribution in [3.63, 3.8) is 0 Å². The Labute approximate surface area is 91.7 Å². The molecule has 1 aromatic carbocycles. The van der Waals surface area contributed by atoms with E-state index in [4.69, 9.17) is 0 Å². The van der Waals surface area contributed by atoms with E-state index >= 15 is 0 Å². The Morgan fingerprint density at radius 3 is 2.53 bits per heavy atom. The quantitative estimate of drug-likeness (QED) is 0.786. The lowest BCUT2D eigenvalue weighted by Crippen LogP contribution is -2.24. The molecule has 0 heterocycles. The number of hydrogen-bond donors (Lipinski definition) is 1. The Morgan fingerprint density at radius 1 is 1.27 bits per heavy atom. The molecule has 1 amide bonds. The van der Waals surface area contributed by atoms with E-state index in [1.54, 1.807) is 0 Å². The first-order chi connectivity index (χ1) is 7.22. The van der Waals surface area contributed by atoms with Crippen LogP contribution in [0.4, 0.5) is 0 Å². The summed E-state index contributed by atoms with van der Waals surface area (Å²) in [7, 11) is 0. The lowest BCUT2D eigenvalue weighted by atomic mass is 10.1. The average molecular weight is 205 g/mol. The molecule has 0 aliphatic rings. The van der Waals surface area contributed by atoms with Crippen LogP contribution in [0.5, 0.6) is 0 Å². The van der Waals surface area contributed by atoms with E-state index in [9.17, 15) is 4.79 Å². The van der Waals surface area contributed by atoms with Crippen molar-refractivity contribution in [2.45, 2.75) is 33.1 Å². The standard InChI is InChI=1S/C13H19NO/c1-3-10-14-13(15)9-8-12-6-4-11(2)5-7-12/h4-7H,3,8-10H2,1-2H3,(H,14,15). The minimum atomic E-state index is 0.150. The van der Waals surface area contributed by atoms with Crippen LogP contribution < -0.4 is 5.32 Å². The summed E-state index contributed by atoms with van der Waals surface area (Å²) < 4.78 is 0. The van der Waals surface area contributed by atoms with Gasteiger partial charge in [-0.3, -0.25) is 4.79 Å². The number of benzene rings is 1. The normalized spacial score (nSPS) is 10.0. The Balaban J connectivity index is 2.30. The predicted molar refractivity (Wildman–Crippen MR) is 62.8 cm³/mol. The molecule has 0 fully saturated rings. The summed E-state index contributed by atoms with van der Waals surface area (Å²) in [5, 5.41) is 2.88. The highest BCUT2D eigenvalue weighted by Crippen LogP contribution is 2.05. The first-order valence-electron chi connectivity index (χ1n) is 5.54. The lowest BCUT2D eigenvalue weighted by Gasteiger charge is -2.03. The fraction of sp³-hybridized carbons (Fsp3) is 0.462. The number of amides is 1. The predicted octanol–water partition coefficient (Wildman–Crippen LogP) is 2.45. The third-order valence-corrected chi connectivity index (χ3v) is 2.33. The summed E-state index contributed by atoms with van der Waals surface area (Å²) in [5.74, 6) is 0.150. The summed E-state index contributed by atoms with van der Waals surface area (Å²) in [6, 6.07) is 8.34. The van der Waals surface area contributed by atoms with E-state index < -0.39 is 0 Å². The topological polar surface area (TPSA) is 29.1 Å². The van der Waals surface area contributed by atoms with Crippen LogP contribution in [0.3, 0.4) is 0 Å². The molecule has 0 aliphatic heterocycles. The summed E-state index contributed by atoms with van der Waals surface area (Å²) in [6.07, 6.45) is 2.41. The van der Waals surface area contributed by atoms with Gasteiger partial charge in [-0.25, -0.2) is 0 Å². The van der Waals surface area contributed by atoms with Gasteiger partial charge in [0.05, 0.1) is 0 Å². The van der Waals surface area contributed by atoms with Gasteiger partial charge >= 0.3 is 0 Å². The molecule has 0 saturated carbocycles. The van der Waals surface area contributed by atoms with Gasteiger partial charge in [-0.1, -0.05) is 36.8 Å². The van der Waals surface area contributed by atoms with E-state index in [0.29, 0.717) is 6.42 Å². The molecule has 0 radical (unpaired) electrons. The Bertz CT molecular complexity index is 303. The van der Waals surface area contributed by atoms with Crippen molar-refractivity contribution in [2.75, 3.05) is 6.54 Å². The third-order valence-electron chi connectivity index (χ3n) is 2.33. The fourth-order valence-corrected chi connectivity index (χ4v) is 1.37. The number of carbonyl (C=O) groups is 1. The zero-order valence-corrected chi connectivity index (χ0v) is 9.55. The van der Waals surface area contributed by atoms with Crippen molar-refractivity contribution < 1.29 is 4.79 Å².